The average Bonchev–Trinajstić information content (AvgIpc) is 3.23. The zero-order chi connectivity index (χ0) is 15.6. The topological polar surface area (TPSA) is 76.9 Å². The number of rotatable bonds is 4. The number of aromatic nitrogens is 4. The van der Waals surface area contributed by atoms with E-state index in [4.69, 9.17) is 4.74 Å². The highest BCUT2D eigenvalue weighted by Gasteiger charge is 2.15. The number of nitrogens with one attached hydrogen (secondary N) is 2. The lowest BCUT2D eigenvalue weighted by atomic mass is 10.2. The molecule has 2 aromatic heterocycles. The molecule has 0 spiro atoms. The predicted octanol–water partition coefficient (Wildman–Crippen LogP) is 1.60. The molecule has 4 rings (SSSR count). The Balaban J connectivity index is 1.67. The van der Waals surface area contributed by atoms with Gasteiger partial charge in [0.05, 0.1) is 30.5 Å². The highest BCUT2D eigenvalue weighted by atomic mass is 16.5. The van der Waals surface area contributed by atoms with Gasteiger partial charge >= 0.3 is 0 Å². The van der Waals surface area contributed by atoms with E-state index >= 15 is 0 Å². The van der Waals surface area contributed by atoms with Crippen LogP contribution in [0.2, 0.25) is 0 Å². The third kappa shape index (κ3) is 2.70. The summed E-state index contributed by atoms with van der Waals surface area (Å²) in [5, 5.41) is 6.75. The Hall–Kier alpha value is -2.67. The van der Waals surface area contributed by atoms with E-state index in [1.54, 1.807) is 25.8 Å². The number of nitrogens with zero attached hydrogens (tertiary/aromatic N) is 4. The van der Waals surface area contributed by atoms with E-state index in [1.807, 2.05) is 22.8 Å². The minimum absolute atomic E-state index is 0.406. The lowest BCUT2D eigenvalue weighted by Crippen LogP contribution is -2.23. The van der Waals surface area contributed by atoms with Crippen molar-refractivity contribution in [2.45, 2.75) is 12.5 Å². The van der Waals surface area contributed by atoms with Crippen LogP contribution in [0.5, 0.6) is 5.75 Å². The summed E-state index contributed by atoms with van der Waals surface area (Å²) < 4.78 is 7.17. The van der Waals surface area contributed by atoms with E-state index in [0.717, 1.165) is 47.9 Å². The molecule has 1 aliphatic heterocycles. The standard InChI is InChI=1S/C16H18N6O/c1-23-12-2-3-14-13(6-12)19-10-22(14)16-9-18-8-15(21-16)20-11-4-5-17-7-11/h2-3,6,8-11,17H,4-5,7H2,1H3,(H,20,21). The molecule has 2 N–H and O–H groups in total. The van der Waals surface area contributed by atoms with Crippen molar-refractivity contribution in [1.29, 1.82) is 0 Å². The molecular weight excluding hydrogens is 292 g/mol. The molecule has 1 fully saturated rings. The quantitative estimate of drug-likeness (QED) is 0.762. The van der Waals surface area contributed by atoms with Crippen LogP contribution in [0.25, 0.3) is 16.9 Å². The van der Waals surface area contributed by atoms with Crippen molar-refractivity contribution in [1.82, 2.24) is 24.8 Å². The predicted molar refractivity (Wildman–Crippen MR) is 88.1 cm³/mol. The summed E-state index contributed by atoms with van der Waals surface area (Å²) in [4.78, 5) is 13.4. The molecule has 1 saturated heterocycles. The number of benzene rings is 1. The van der Waals surface area contributed by atoms with Crippen LogP contribution in [0.1, 0.15) is 6.42 Å². The van der Waals surface area contributed by atoms with Crippen molar-refractivity contribution in [2.75, 3.05) is 25.5 Å². The zero-order valence-electron chi connectivity index (χ0n) is 12.9. The summed E-state index contributed by atoms with van der Waals surface area (Å²) in [6.45, 7) is 2.00. The molecular formula is C16H18N6O. The van der Waals surface area contributed by atoms with Crippen LogP contribution in [0.15, 0.2) is 36.9 Å². The van der Waals surface area contributed by atoms with Crippen LogP contribution in [0.4, 0.5) is 5.82 Å². The Kier molecular flexibility index (Phi) is 3.55. The minimum atomic E-state index is 0.406. The summed E-state index contributed by atoms with van der Waals surface area (Å²) in [5.74, 6) is 2.32. The molecule has 1 aliphatic rings. The summed E-state index contributed by atoms with van der Waals surface area (Å²) in [6.07, 6.45) is 6.35. The molecule has 7 nitrogen and oxygen atoms in total. The van der Waals surface area contributed by atoms with Gasteiger partial charge in [-0.2, -0.15) is 0 Å². The first-order chi connectivity index (χ1) is 11.3. The second-order valence-electron chi connectivity index (χ2n) is 5.57. The van der Waals surface area contributed by atoms with Gasteiger partial charge in [0.15, 0.2) is 5.82 Å². The minimum Gasteiger partial charge on any atom is -0.497 e. The molecule has 0 amide bonds. The van der Waals surface area contributed by atoms with Crippen molar-refractivity contribution in [3.8, 4) is 11.6 Å². The van der Waals surface area contributed by atoms with Gasteiger partial charge < -0.3 is 15.4 Å². The Labute approximate surface area is 133 Å². The maximum atomic E-state index is 5.24. The number of methoxy groups -OCH3 is 1. The van der Waals surface area contributed by atoms with Crippen LogP contribution in [-0.2, 0) is 0 Å². The fourth-order valence-electron chi connectivity index (χ4n) is 2.83. The molecule has 3 aromatic rings. The number of hydrogen-bond donors (Lipinski definition) is 2. The summed E-state index contributed by atoms with van der Waals surface area (Å²) in [5.41, 5.74) is 1.84. The zero-order valence-corrected chi connectivity index (χ0v) is 12.9. The van der Waals surface area contributed by atoms with Gasteiger partial charge in [0.1, 0.15) is 17.9 Å². The largest absolute Gasteiger partial charge is 0.497 e. The summed E-state index contributed by atoms with van der Waals surface area (Å²) >= 11 is 0. The normalized spacial score (nSPS) is 17.5. The van der Waals surface area contributed by atoms with E-state index < -0.39 is 0 Å². The van der Waals surface area contributed by atoms with E-state index in [-0.39, 0.29) is 0 Å². The Bertz CT molecular complexity index is 824. The molecule has 0 radical (unpaired) electrons. The molecule has 118 valence electrons. The lowest BCUT2D eigenvalue weighted by molar-refractivity contribution is 0.415. The molecule has 7 heteroatoms. The molecule has 0 bridgehead atoms. The van der Waals surface area contributed by atoms with Crippen molar-refractivity contribution in [3.05, 3.63) is 36.9 Å². The highest BCUT2D eigenvalue weighted by molar-refractivity contribution is 5.78. The number of fused-ring (bicyclic) bond motifs is 1. The van der Waals surface area contributed by atoms with Gasteiger partial charge in [-0.3, -0.25) is 9.55 Å². The van der Waals surface area contributed by atoms with Gasteiger partial charge in [0.2, 0.25) is 0 Å². The third-order valence-corrected chi connectivity index (χ3v) is 4.04. The number of ether oxygens (including phenoxy) is 1. The number of imidazole rings is 1. The van der Waals surface area contributed by atoms with Gasteiger partial charge in [-0.1, -0.05) is 0 Å². The lowest BCUT2D eigenvalue weighted by Gasteiger charge is -2.12. The van der Waals surface area contributed by atoms with Crippen molar-refractivity contribution < 1.29 is 4.74 Å². The molecule has 3 heterocycles. The molecule has 23 heavy (non-hydrogen) atoms. The van der Waals surface area contributed by atoms with Gasteiger partial charge in [-0.05, 0) is 25.1 Å². The molecule has 1 atom stereocenters. The molecule has 0 saturated carbocycles. The van der Waals surface area contributed by atoms with Crippen LogP contribution in [0.3, 0.4) is 0 Å². The van der Waals surface area contributed by atoms with E-state index in [0.29, 0.717) is 6.04 Å². The smallest absolute Gasteiger partial charge is 0.159 e. The van der Waals surface area contributed by atoms with E-state index in [1.165, 1.54) is 0 Å². The first-order valence-electron chi connectivity index (χ1n) is 7.64. The Morgan fingerprint density at radius 1 is 1.35 bits per heavy atom. The first kappa shape index (κ1) is 14.0. The highest BCUT2D eigenvalue weighted by Crippen LogP contribution is 2.22. The monoisotopic (exact) mass is 310 g/mol. The van der Waals surface area contributed by atoms with Gasteiger partial charge in [-0.25, -0.2) is 9.97 Å². The maximum absolute atomic E-state index is 5.24. The molecule has 0 aliphatic carbocycles. The molecule has 1 aromatic carbocycles. The third-order valence-electron chi connectivity index (χ3n) is 4.04. The number of anilines is 1. The summed E-state index contributed by atoms with van der Waals surface area (Å²) in [7, 11) is 1.65. The van der Waals surface area contributed by atoms with Crippen LogP contribution >= 0.6 is 0 Å². The maximum Gasteiger partial charge on any atom is 0.159 e. The van der Waals surface area contributed by atoms with Crippen molar-refractivity contribution >= 4 is 16.9 Å². The fraction of sp³-hybridized carbons (Fsp3) is 0.312. The SMILES string of the molecule is COc1ccc2c(c1)ncn2-c1cncc(NC2CCNC2)n1. The van der Waals surface area contributed by atoms with Crippen LogP contribution in [0, 0.1) is 0 Å². The molecule has 1 unspecified atom stereocenters. The average molecular weight is 310 g/mol. The second-order valence-corrected chi connectivity index (χ2v) is 5.57. The van der Waals surface area contributed by atoms with Crippen LogP contribution < -0.4 is 15.4 Å². The Morgan fingerprint density at radius 2 is 2.30 bits per heavy atom. The first-order valence-corrected chi connectivity index (χ1v) is 7.64. The van der Waals surface area contributed by atoms with Gasteiger partial charge in [-0.15, -0.1) is 0 Å². The Morgan fingerprint density at radius 3 is 3.13 bits per heavy atom. The van der Waals surface area contributed by atoms with Gasteiger partial charge in [0, 0.05) is 18.7 Å². The number of hydrogen-bond acceptors (Lipinski definition) is 6. The van der Waals surface area contributed by atoms with E-state index in [2.05, 4.69) is 25.6 Å². The van der Waals surface area contributed by atoms with Crippen molar-refractivity contribution in [2.24, 2.45) is 0 Å². The summed E-state index contributed by atoms with van der Waals surface area (Å²) in [6, 6.07) is 6.21. The second kappa shape index (κ2) is 5.85. The van der Waals surface area contributed by atoms with Gasteiger partial charge in [0.25, 0.3) is 0 Å². The fourth-order valence-corrected chi connectivity index (χ4v) is 2.83. The van der Waals surface area contributed by atoms with E-state index in [9.17, 15) is 0 Å². The van der Waals surface area contributed by atoms with Crippen LogP contribution in [-0.4, -0.2) is 45.8 Å². The van der Waals surface area contributed by atoms with Crippen molar-refractivity contribution in [3.63, 3.8) is 0 Å².